The molecule has 51 heavy (non-hydrogen) atoms. The first-order valence-corrected chi connectivity index (χ1v) is 17.4. The van der Waals surface area contributed by atoms with Crippen LogP contribution in [0.2, 0.25) is 0 Å². The lowest BCUT2D eigenvalue weighted by molar-refractivity contribution is 0.672. The fourth-order valence-corrected chi connectivity index (χ4v) is 8.24. The van der Waals surface area contributed by atoms with Crippen LogP contribution in [0, 0.1) is 0 Å². The molecule has 11 rings (SSSR count). The van der Waals surface area contributed by atoms with Gasteiger partial charge in [-0.3, -0.25) is 0 Å². The number of anilines is 3. The SMILES string of the molecule is c1ccc2c(c1)cc(N(c1ccc(-n3c4ccccc4c4ccccc43)cc1)c1ccc3c(ccc4c5ccccc5oc34)c1)c1ccccc12. The number of rotatable bonds is 4. The van der Waals surface area contributed by atoms with Gasteiger partial charge in [-0.15, -0.1) is 0 Å². The Hall–Kier alpha value is -6.84. The van der Waals surface area contributed by atoms with E-state index in [0.717, 1.165) is 55.5 Å². The van der Waals surface area contributed by atoms with Gasteiger partial charge in [-0.25, -0.2) is 0 Å². The van der Waals surface area contributed by atoms with Gasteiger partial charge < -0.3 is 13.9 Å². The van der Waals surface area contributed by atoms with Crippen LogP contribution >= 0.6 is 0 Å². The van der Waals surface area contributed by atoms with Crippen molar-refractivity contribution < 1.29 is 4.42 Å². The predicted octanol–water partition coefficient (Wildman–Crippen LogP) is 13.6. The highest BCUT2D eigenvalue weighted by molar-refractivity contribution is 6.17. The van der Waals surface area contributed by atoms with E-state index in [1.165, 1.54) is 43.4 Å². The number of hydrogen-bond donors (Lipinski definition) is 0. The summed E-state index contributed by atoms with van der Waals surface area (Å²) in [5.41, 5.74) is 8.69. The molecule has 0 aliphatic heterocycles. The highest BCUT2D eigenvalue weighted by Crippen LogP contribution is 2.44. The van der Waals surface area contributed by atoms with Crippen molar-refractivity contribution in [3.8, 4) is 5.69 Å². The summed E-state index contributed by atoms with van der Waals surface area (Å²) >= 11 is 0. The summed E-state index contributed by atoms with van der Waals surface area (Å²) in [5.74, 6) is 0. The van der Waals surface area contributed by atoms with Crippen LogP contribution in [0.1, 0.15) is 0 Å². The van der Waals surface area contributed by atoms with Crippen LogP contribution in [0.3, 0.4) is 0 Å². The van der Waals surface area contributed by atoms with Crippen molar-refractivity contribution >= 4 is 93.1 Å². The van der Waals surface area contributed by atoms with Crippen molar-refractivity contribution in [2.45, 2.75) is 0 Å². The fraction of sp³-hybridized carbons (Fsp3) is 0. The number of benzene rings is 9. The van der Waals surface area contributed by atoms with Crippen LogP contribution in [0.25, 0.3) is 81.7 Å². The lowest BCUT2D eigenvalue weighted by atomic mass is 9.98. The second-order valence-corrected chi connectivity index (χ2v) is 13.3. The molecule has 0 radical (unpaired) electrons. The third kappa shape index (κ3) is 4.19. The molecule has 0 aliphatic carbocycles. The second-order valence-electron chi connectivity index (χ2n) is 13.3. The molecule has 0 bridgehead atoms. The van der Waals surface area contributed by atoms with Crippen LogP contribution in [-0.4, -0.2) is 4.57 Å². The van der Waals surface area contributed by atoms with Crippen molar-refractivity contribution in [3.63, 3.8) is 0 Å². The van der Waals surface area contributed by atoms with Gasteiger partial charge in [0.05, 0.1) is 16.7 Å². The average molecular weight is 651 g/mol. The van der Waals surface area contributed by atoms with Crippen molar-refractivity contribution in [1.82, 2.24) is 4.57 Å². The van der Waals surface area contributed by atoms with E-state index in [2.05, 4.69) is 179 Å². The van der Waals surface area contributed by atoms with E-state index in [0.29, 0.717) is 0 Å². The quantitative estimate of drug-likeness (QED) is 0.177. The molecule has 238 valence electrons. The average Bonchev–Trinajstić information content (AvgIpc) is 3.75. The van der Waals surface area contributed by atoms with Gasteiger partial charge in [-0.05, 0) is 94.3 Å². The molecule has 0 amide bonds. The smallest absolute Gasteiger partial charge is 0.143 e. The Labute approximate surface area is 293 Å². The number of nitrogens with zero attached hydrogens (tertiary/aromatic N) is 2. The topological polar surface area (TPSA) is 21.3 Å². The van der Waals surface area contributed by atoms with Crippen LogP contribution in [0.5, 0.6) is 0 Å². The Morgan fingerprint density at radius 3 is 1.71 bits per heavy atom. The third-order valence-electron chi connectivity index (χ3n) is 10.5. The molecular formula is C48H30N2O. The minimum atomic E-state index is 0.914. The summed E-state index contributed by atoms with van der Waals surface area (Å²) in [6.07, 6.45) is 0. The third-order valence-corrected chi connectivity index (χ3v) is 10.5. The molecular weight excluding hydrogens is 621 g/mol. The van der Waals surface area contributed by atoms with E-state index >= 15 is 0 Å². The Balaban J connectivity index is 1.14. The van der Waals surface area contributed by atoms with E-state index in [1.54, 1.807) is 0 Å². The van der Waals surface area contributed by atoms with Gasteiger partial charge in [-0.1, -0.05) is 109 Å². The van der Waals surface area contributed by atoms with E-state index in [1.807, 2.05) is 12.1 Å². The number of hydrogen-bond acceptors (Lipinski definition) is 2. The van der Waals surface area contributed by atoms with Gasteiger partial charge in [0.25, 0.3) is 0 Å². The summed E-state index contributed by atoms with van der Waals surface area (Å²) < 4.78 is 8.81. The maximum Gasteiger partial charge on any atom is 0.143 e. The van der Waals surface area contributed by atoms with E-state index in [9.17, 15) is 0 Å². The van der Waals surface area contributed by atoms with E-state index in [4.69, 9.17) is 4.42 Å². The number of aromatic nitrogens is 1. The maximum atomic E-state index is 6.43. The van der Waals surface area contributed by atoms with Gasteiger partial charge in [0.15, 0.2) is 0 Å². The maximum absolute atomic E-state index is 6.43. The highest BCUT2D eigenvalue weighted by atomic mass is 16.3. The molecule has 2 heterocycles. The largest absolute Gasteiger partial charge is 0.455 e. The Kier molecular flexibility index (Phi) is 5.96. The molecule has 11 aromatic rings. The van der Waals surface area contributed by atoms with Crippen LogP contribution in [0.4, 0.5) is 17.1 Å². The number of para-hydroxylation sites is 3. The second kappa shape index (κ2) is 10.8. The molecule has 2 aromatic heterocycles. The summed E-state index contributed by atoms with van der Waals surface area (Å²) in [6, 6.07) is 65.6. The Morgan fingerprint density at radius 1 is 0.373 bits per heavy atom. The lowest BCUT2D eigenvalue weighted by Crippen LogP contribution is -2.11. The zero-order valence-corrected chi connectivity index (χ0v) is 27.6. The normalized spacial score (nSPS) is 11.9. The molecule has 0 atom stereocenters. The minimum Gasteiger partial charge on any atom is -0.455 e. The molecule has 0 fully saturated rings. The molecule has 3 nitrogen and oxygen atoms in total. The molecule has 0 N–H and O–H groups in total. The van der Waals surface area contributed by atoms with Crippen molar-refractivity contribution in [2.75, 3.05) is 4.90 Å². The van der Waals surface area contributed by atoms with Gasteiger partial charge in [-0.2, -0.15) is 0 Å². The van der Waals surface area contributed by atoms with Gasteiger partial charge >= 0.3 is 0 Å². The van der Waals surface area contributed by atoms with E-state index < -0.39 is 0 Å². The molecule has 0 aliphatic rings. The summed E-state index contributed by atoms with van der Waals surface area (Å²) in [7, 11) is 0. The molecule has 0 saturated heterocycles. The van der Waals surface area contributed by atoms with Crippen LogP contribution in [-0.2, 0) is 0 Å². The van der Waals surface area contributed by atoms with Crippen molar-refractivity contribution in [2.24, 2.45) is 0 Å². The van der Waals surface area contributed by atoms with Gasteiger partial charge in [0.2, 0.25) is 0 Å². The zero-order chi connectivity index (χ0) is 33.5. The van der Waals surface area contributed by atoms with Crippen molar-refractivity contribution in [1.29, 1.82) is 0 Å². The first-order valence-electron chi connectivity index (χ1n) is 17.4. The zero-order valence-electron chi connectivity index (χ0n) is 27.6. The van der Waals surface area contributed by atoms with Gasteiger partial charge in [0, 0.05) is 49.4 Å². The molecule has 0 spiro atoms. The summed E-state index contributed by atoms with van der Waals surface area (Å²) in [6.45, 7) is 0. The van der Waals surface area contributed by atoms with Crippen LogP contribution in [0.15, 0.2) is 186 Å². The van der Waals surface area contributed by atoms with Crippen LogP contribution < -0.4 is 4.90 Å². The molecule has 0 unspecified atom stereocenters. The summed E-state index contributed by atoms with van der Waals surface area (Å²) in [5, 5.41) is 12.0. The highest BCUT2D eigenvalue weighted by Gasteiger charge is 2.20. The molecule has 3 heteroatoms. The van der Waals surface area contributed by atoms with E-state index in [-0.39, 0.29) is 0 Å². The Bertz CT molecular complexity index is 3090. The number of furan rings is 1. The molecule has 9 aromatic carbocycles. The number of fused-ring (bicyclic) bond motifs is 11. The van der Waals surface area contributed by atoms with Crippen molar-refractivity contribution in [3.05, 3.63) is 182 Å². The minimum absolute atomic E-state index is 0.914. The fourth-order valence-electron chi connectivity index (χ4n) is 8.24. The standard InChI is InChI=1S/C48H30N2O/c1-2-12-36-31(11-1)30-46(39-14-4-3-13-38(36)39)49(35-26-28-37-32(29-35)21-27-43-42-17-7-10-20-47(42)51-48(37)43)33-22-24-34(25-23-33)50-44-18-8-5-15-40(44)41-16-6-9-19-45(41)50/h1-30H. The molecule has 0 saturated carbocycles. The Morgan fingerprint density at radius 2 is 0.941 bits per heavy atom. The first-order chi connectivity index (χ1) is 25.3. The predicted molar refractivity (Wildman–Crippen MR) is 215 cm³/mol. The van der Waals surface area contributed by atoms with Gasteiger partial charge in [0.1, 0.15) is 11.2 Å². The first kappa shape index (κ1) is 28.0. The summed E-state index contributed by atoms with van der Waals surface area (Å²) in [4.78, 5) is 2.41. The lowest BCUT2D eigenvalue weighted by Gasteiger charge is -2.28. The monoisotopic (exact) mass is 650 g/mol.